The van der Waals surface area contributed by atoms with Crippen molar-refractivity contribution >= 4 is 0 Å². The number of aromatic nitrogens is 2. The van der Waals surface area contributed by atoms with E-state index in [1.54, 1.807) is 6.92 Å². The molecule has 6 heteroatoms. The number of hydrogen-bond acceptors (Lipinski definition) is 6. The number of aliphatic hydroxyl groups is 1. The molecule has 3 rings (SSSR count). The molecule has 0 aliphatic heterocycles. The van der Waals surface area contributed by atoms with Gasteiger partial charge in [0, 0.05) is 24.9 Å². The summed E-state index contributed by atoms with van der Waals surface area (Å²) in [5.41, 5.74) is -0.992. The van der Waals surface area contributed by atoms with Crippen LogP contribution in [0.15, 0.2) is 21.1 Å². The van der Waals surface area contributed by atoms with Crippen LogP contribution in [0.25, 0.3) is 0 Å². The van der Waals surface area contributed by atoms with Crippen molar-refractivity contribution in [2.45, 2.75) is 70.4 Å². The van der Waals surface area contributed by atoms with Gasteiger partial charge in [0.15, 0.2) is 5.82 Å². The average molecular weight is 333 g/mol. The number of rotatable bonds is 6. The smallest absolute Gasteiger partial charge is 0.229 e. The fraction of sp³-hybridized carbons (Fsp3) is 0.667. The van der Waals surface area contributed by atoms with Gasteiger partial charge in [0.05, 0.1) is 0 Å². The second-order valence-corrected chi connectivity index (χ2v) is 7.02. The summed E-state index contributed by atoms with van der Waals surface area (Å²) in [7, 11) is 0. The predicted molar refractivity (Wildman–Crippen MR) is 89.7 cm³/mol. The second kappa shape index (κ2) is 7.07. The lowest BCUT2D eigenvalue weighted by molar-refractivity contribution is 0.0292. The summed E-state index contributed by atoms with van der Waals surface area (Å²) in [6, 6.07) is 4.12. The molecule has 1 saturated carbocycles. The summed E-state index contributed by atoms with van der Waals surface area (Å²) >= 11 is 0. The van der Waals surface area contributed by atoms with Gasteiger partial charge in [-0.25, -0.2) is 0 Å². The van der Waals surface area contributed by atoms with Crippen LogP contribution >= 0.6 is 0 Å². The third-order valence-corrected chi connectivity index (χ3v) is 4.88. The van der Waals surface area contributed by atoms with E-state index in [0.717, 1.165) is 49.6 Å². The van der Waals surface area contributed by atoms with Crippen LogP contribution < -0.4 is 5.32 Å². The van der Waals surface area contributed by atoms with Gasteiger partial charge in [-0.15, -0.1) is 0 Å². The molecular formula is C18H27N3O3. The minimum atomic E-state index is -0.992. The summed E-state index contributed by atoms with van der Waals surface area (Å²) in [5, 5.41) is 18.1. The van der Waals surface area contributed by atoms with E-state index in [2.05, 4.69) is 15.5 Å². The first-order valence-electron chi connectivity index (χ1n) is 8.83. The van der Waals surface area contributed by atoms with Crippen LogP contribution in [0.3, 0.4) is 0 Å². The first kappa shape index (κ1) is 17.2. The molecule has 6 nitrogen and oxygen atoms in total. The Kier molecular flexibility index (Phi) is 5.06. The van der Waals surface area contributed by atoms with Crippen LogP contribution in [0.1, 0.15) is 68.7 Å². The maximum atomic E-state index is 10.6. The topological polar surface area (TPSA) is 84.3 Å². The summed E-state index contributed by atoms with van der Waals surface area (Å²) in [5.74, 6) is 3.36. The molecule has 2 N–H and O–H groups in total. The second-order valence-electron chi connectivity index (χ2n) is 7.02. The fourth-order valence-electron chi connectivity index (χ4n) is 3.28. The fourth-order valence-corrected chi connectivity index (χ4v) is 3.28. The number of hydrogen-bond donors (Lipinski definition) is 2. The molecule has 1 aliphatic rings. The molecule has 132 valence electrons. The third-order valence-electron chi connectivity index (χ3n) is 4.88. The zero-order valence-corrected chi connectivity index (χ0v) is 14.7. The standard InChI is InChI=1S/C18H27N3O3/c1-4-16-20-17(24-21-16)13-6-8-14(9-7-13)19-11-18(3,22)15-10-5-12(2)23-15/h5,10,13-14,19,22H,4,6-9,11H2,1-3H3/t13?,14?,18-/m0/s1. The molecule has 2 aromatic rings. The largest absolute Gasteiger partial charge is 0.463 e. The normalized spacial score (nSPS) is 24.0. The highest BCUT2D eigenvalue weighted by Gasteiger charge is 2.30. The van der Waals surface area contributed by atoms with Gasteiger partial charge in [-0.2, -0.15) is 4.98 Å². The lowest BCUT2D eigenvalue weighted by atomic mass is 9.85. The van der Waals surface area contributed by atoms with E-state index in [-0.39, 0.29) is 0 Å². The third kappa shape index (κ3) is 3.87. The SMILES string of the molecule is CCc1noc(C2CCC(NC[C@](C)(O)c3ccc(C)o3)CC2)n1. The van der Waals surface area contributed by atoms with Gasteiger partial charge in [-0.3, -0.25) is 0 Å². The molecule has 0 radical (unpaired) electrons. The Morgan fingerprint density at radius 1 is 1.29 bits per heavy atom. The van der Waals surface area contributed by atoms with Gasteiger partial charge in [0.1, 0.15) is 17.1 Å². The van der Waals surface area contributed by atoms with Crippen LogP contribution in [0.5, 0.6) is 0 Å². The Morgan fingerprint density at radius 2 is 2.04 bits per heavy atom. The first-order chi connectivity index (χ1) is 11.5. The number of aryl methyl sites for hydroxylation is 2. The van der Waals surface area contributed by atoms with Crippen LogP contribution in [0.2, 0.25) is 0 Å². The molecule has 0 unspecified atom stereocenters. The summed E-state index contributed by atoms with van der Waals surface area (Å²) < 4.78 is 10.9. The molecule has 24 heavy (non-hydrogen) atoms. The Morgan fingerprint density at radius 3 is 2.62 bits per heavy atom. The summed E-state index contributed by atoms with van der Waals surface area (Å²) in [6.07, 6.45) is 4.96. The summed E-state index contributed by atoms with van der Waals surface area (Å²) in [4.78, 5) is 4.45. The van der Waals surface area contributed by atoms with Gasteiger partial charge < -0.3 is 19.4 Å². The van der Waals surface area contributed by atoms with Gasteiger partial charge in [0.2, 0.25) is 5.89 Å². The first-order valence-corrected chi connectivity index (χ1v) is 8.83. The molecule has 0 amide bonds. The van der Waals surface area contributed by atoms with Crippen molar-refractivity contribution in [2.75, 3.05) is 6.54 Å². The Labute approximate surface area is 142 Å². The number of furan rings is 1. The Bertz CT molecular complexity index is 654. The molecule has 0 saturated heterocycles. The number of nitrogens with zero attached hydrogens (tertiary/aromatic N) is 2. The predicted octanol–water partition coefficient (Wildman–Crippen LogP) is 3.06. The quantitative estimate of drug-likeness (QED) is 0.845. The average Bonchev–Trinajstić information content (AvgIpc) is 3.23. The van der Waals surface area contributed by atoms with Crippen LogP contribution in [-0.2, 0) is 12.0 Å². The van der Waals surface area contributed by atoms with Crippen molar-refractivity contribution in [1.29, 1.82) is 0 Å². The molecule has 0 aromatic carbocycles. The van der Waals surface area contributed by atoms with Gasteiger partial charge in [0.25, 0.3) is 0 Å². The lowest BCUT2D eigenvalue weighted by Gasteiger charge is -2.30. The van der Waals surface area contributed by atoms with Crippen LogP contribution in [0, 0.1) is 6.92 Å². The Hall–Kier alpha value is -1.66. The Balaban J connectivity index is 1.48. The van der Waals surface area contributed by atoms with Crippen molar-refractivity contribution in [1.82, 2.24) is 15.5 Å². The van der Waals surface area contributed by atoms with Gasteiger partial charge in [-0.1, -0.05) is 12.1 Å². The van der Waals surface area contributed by atoms with Crippen molar-refractivity contribution in [3.05, 3.63) is 35.4 Å². The molecule has 0 bridgehead atoms. The van der Waals surface area contributed by atoms with E-state index in [0.29, 0.717) is 24.3 Å². The van der Waals surface area contributed by atoms with Crippen molar-refractivity contribution < 1.29 is 14.0 Å². The number of nitrogens with one attached hydrogen (secondary N) is 1. The highest BCUT2D eigenvalue weighted by Crippen LogP contribution is 2.32. The zero-order valence-electron chi connectivity index (χ0n) is 14.7. The van der Waals surface area contributed by atoms with Gasteiger partial charge in [-0.05, 0) is 51.7 Å². The molecule has 2 heterocycles. The highest BCUT2D eigenvalue weighted by molar-refractivity contribution is 5.13. The van der Waals surface area contributed by atoms with Crippen LogP contribution in [0.4, 0.5) is 0 Å². The van der Waals surface area contributed by atoms with E-state index in [4.69, 9.17) is 8.94 Å². The van der Waals surface area contributed by atoms with Crippen molar-refractivity contribution in [3.8, 4) is 0 Å². The summed E-state index contributed by atoms with van der Waals surface area (Å²) in [6.45, 7) is 6.18. The molecule has 1 atom stereocenters. The van der Waals surface area contributed by atoms with Crippen molar-refractivity contribution in [2.24, 2.45) is 0 Å². The maximum Gasteiger partial charge on any atom is 0.229 e. The van der Waals surface area contributed by atoms with E-state index < -0.39 is 5.60 Å². The van der Waals surface area contributed by atoms with Crippen molar-refractivity contribution in [3.63, 3.8) is 0 Å². The molecule has 2 aromatic heterocycles. The minimum absolute atomic E-state index is 0.365. The monoisotopic (exact) mass is 333 g/mol. The lowest BCUT2D eigenvalue weighted by Crippen LogP contribution is -2.42. The molecule has 1 fully saturated rings. The maximum absolute atomic E-state index is 10.6. The van der Waals surface area contributed by atoms with E-state index in [9.17, 15) is 5.11 Å². The van der Waals surface area contributed by atoms with E-state index in [1.165, 1.54) is 0 Å². The van der Waals surface area contributed by atoms with E-state index >= 15 is 0 Å². The molecule has 0 spiro atoms. The molecular weight excluding hydrogens is 306 g/mol. The highest BCUT2D eigenvalue weighted by atomic mass is 16.5. The van der Waals surface area contributed by atoms with Crippen LogP contribution in [-0.4, -0.2) is 27.8 Å². The zero-order chi connectivity index (χ0) is 17.2. The van der Waals surface area contributed by atoms with E-state index in [1.807, 2.05) is 26.0 Å². The van der Waals surface area contributed by atoms with Gasteiger partial charge >= 0.3 is 0 Å². The molecule has 1 aliphatic carbocycles. The minimum Gasteiger partial charge on any atom is -0.463 e.